The van der Waals surface area contributed by atoms with Crippen molar-refractivity contribution in [1.82, 2.24) is 14.8 Å². The number of aromatic nitrogens is 3. The highest BCUT2D eigenvalue weighted by Gasteiger charge is 2.27. The van der Waals surface area contributed by atoms with Gasteiger partial charge in [-0.05, 0) is 33.6 Å². The zero-order valence-corrected chi connectivity index (χ0v) is 12.9. The number of rotatable bonds is 1. The van der Waals surface area contributed by atoms with Gasteiger partial charge in [0.15, 0.2) is 5.82 Å². The van der Waals surface area contributed by atoms with Gasteiger partial charge < -0.3 is 0 Å². The average Bonchev–Trinajstić information content (AvgIpc) is 2.59. The molecular weight excluding hydrogens is 340 g/mol. The van der Waals surface area contributed by atoms with Gasteiger partial charge in [-0.15, -0.1) is 10.2 Å². The Morgan fingerprint density at radius 3 is 2.37 bits per heavy atom. The molecule has 2 rings (SSSR count). The molecule has 7 heteroatoms. The van der Waals surface area contributed by atoms with Crippen molar-refractivity contribution >= 4 is 27.5 Å². The minimum atomic E-state index is -0.737. The van der Waals surface area contributed by atoms with Gasteiger partial charge in [0.25, 0.3) is 0 Å². The number of nitrogens with zero attached hydrogens (tertiary/aromatic N) is 3. The predicted molar refractivity (Wildman–Crippen MR) is 72.7 cm³/mol. The third-order valence-electron chi connectivity index (χ3n) is 2.50. The molecule has 0 radical (unpaired) electrons. The summed E-state index contributed by atoms with van der Waals surface area (Å²) in [5, 5.41) is 7.75. The highest BCUT2D eigenvalue weighted by molar-refractivity contribution is 9.10. The molecule has 0 atom stereocenters. The van der Waals surface area contributed by atoms with E-state index in [2.05, 4.69) is 26.1 Å². The first kappa shape index (κ1) is 14.4. The van der Waals surface area contributed by atoms with Gasteiger partial charge in [0.1, 0.15) is 11.6 Å². The molecule has 1 aromatic carbocycles. The molecule has 0 aliphatic carbocycles. The van der Waals surface area contributed by atoms with Crippen LogP contribution in [0.25, 0.3) is 5.69 Å². The predicted octanol–water partition coefficient (Wildman–Crippen LogP) is 4.26. The maximum absolute atomic E-state index is 14.0. The van der Waals surface area contributed by atoms with E-state index in [-0.39, 0.29) is 20.9 Å². The van der Waals surface area contributed by atoms with E-state index in [9.17, 15) is 8.78 Å². The standard InChI is InChI=1S/C12H11BrClF2N3/c1-12(2,3)10-17-18-11(14)19(10)9-7(13)4-6(15)5-8(9)16/h4-5H,1-3H3. The van der Waals surface area contributed by atoms with Crippen molar-refractivity contribution in [1.29, 1.82) is 0 Å². The van der Waals surface area contributed by atoms with Gasteiger partial charge in [0.2, 0.25) is 5.28 Å². The van der Waals surface area contributed by atoms with Crippen LogP contribution >= 0.6 is 27.5 Å². The van der Waals surface area contributed by atoms with Crippen molar-refractivity contribution in [2.24, 2.45) is 0 Å². The Morgan fingerprint density at radius 1 is 1.21 bits per heavy atom. The van der Waals surface area contributed by atoms with Crippen molar-refractivity contribution in [2.75, 3.05) is 0 Å². The summed E-state index contributed by atoms with van der Waals surface area (Å²) < 4.78 is 28.8. The normalized spacial score (nSPS) is 11.9. The molecular formula is C12H11BrClF2N3. The monoisotopic (exact) mass is 349 g/mol. The van der Waals surface area contributed by atoms with Gasteiger partial charge in [-0.3, -0.25) is 4.57 Å². The highest BCUT2D eigenvalue weighted by Crippen LogP contribution is 2.32. The zero-order valence-electron chi connectivity index (χ0n) is 10.5. The largest absolute Gasteiger partial charge is 0.265 e. The fourth-order valence-corrected chi connectivity index (χ4v) is 2.48. The van der Waals surface area contributed by atoms with Crippen LogP contribution in [-0.2, 0) is 5.41 Å². The van der Waals surface area contributed by atoms with E-state index >= 15 is 0 Å². The smallest absolute Gasteiger partial charge is 0.229 e. The van der Waals surface area contributed by atoms with Crippen molar-refractivity contribution in [3.63, 3.8) is 0 Å². The molecule has 0 saturated carbocycles. The van der Waals surface area contributed by atoms with Gasteiger partial charge >= 0.3 is 0 Å². The quantitative estimate of drug-likeness (QED) is 0.769. The first-order valence-corrected chi connectivity index (χ1v) is 6.65. The Labute approximate surface area is 122 Å². The first-order valence-electron chi connectivity index (χ1n) is 5.48. The zero-order chi connectivity index (χ0) is 14.4. The molecule has 2 aromatic rings. The summed E-state index contributed by atoms with van der Waals surface area (Å²) in [5.41, 5.74) is -0.290. The second-order valence-corrected chi connectivity index (χ2v) is 6.29. The van der Waals surface area contributed by atoms with Crippen LogP contribution in [0.2, 0.25) is 5.28 Å². The maximum Gasteiger partial charge on any atom is 0.229 e. The lowest BCUT2D eigenvalue weighted by Gasteiger charge is -2.20. The van der Waals surface area contributed by atoms with E-state index in [0.29, 0.717) is 5.82 Å². The average molecular weight is 351 g/mol. The molecule has 0 bridgehead atoms. The maximum atomic E-state index is 14.0. The third kappa shape index (κ3) is 2.65. The second kappa shape index (κ2) is 4.83. The minimum absolute atomic E-state index is 0.0242. The molecule has 19 heavy (non-hydrogen) atoms. The fourth-order valence-electron chi connectivity index (χ4n) is 1.70. The van der Waals surface area contributed by atoms with Crippen molar-refractivity contribution in [3.8, 4) is 5.69 Å². The Kier molecular flexibility index (Phi) is 3.66. The van der Waals surface area contributed by atoms with E-state index in [1.54, 1.807) is 0 Å². The summed E-state index contributed by atoms with van der Waals surface area (Å²) >= 11 is 9.12. The summed E-state index contributed by atoms with van der Waals surface area (Å²) in [7, 11) is 0. The van der Waals surface area contributed by atoms with Crippen molar-refractivity contribution < 1.29 is 8.78 Å². The van der Waals surface area contributed by atoms with Crippen LogP contribution in [0.4, 0.5) is 8.78 Å². The SMILES string of the molecule is CC(C)(C)c1nnc(Cl)n1-c1c(F)cc(F)cc1Br. The molecule has 0 saturated heterocycles. The summed E-state index contributed by atoms with van der Waals surface area (Å²) in [6, 6.07) is 1.96. The molecule has 0 fully saturated rings. The van der Waals surface area contributed by atoms with Crippen LogP contribution in [0.3, 0.4) is 0 Å². The molecule has 0 N–H and O–H groups in total. The lowest BCUT2D eigenvalue weighted by Crippen LogP contribution is -2.19. The van der Waals surface area contributed by atoms with Crippen LogP contribution in [0.1, 0.15) is 26.6 Å². The summed E-state index contributed by atoms with van der Waals surface area (Å²) in [5.74, 6) is -0.919. The Balaban J connectivity index is 2.77. The Bertz CT molecular complexity index is 611. The number of halogens is 4. The first-order chi connectivity index (χ1) is 8.71. The minimum Gasteiger partial charge on any atom is -0.265 e. The topological polar surface area (TPSA) is 30.7 Å². The van der Waals surface area contributed by atoms with Gasteiger partial charge in [-0.25, -0.2) is 8.78 Å². The molecule has 0 amide bonds. The lowest BCUT2D eigenvalue weighted by molar-refractivity contribution is 0.523. The molecule has 3 nitrogen and oxygen atoms in total. The van der Waals surface area contributed by atoms with E-state index in [0.717, 1.165) is 6.07 Å². The molecule has 0 unspecified atom stereocenters. The Morgan fingerprint density at radius 2 is 1.84 bits per heavy atom. The fraction of sp³-hybridized carbons (Fsp3) is 0.333. The van der Waals surface area contributed by atoms with Gasteiger partial charge in [-0.1, -0.05) is 20.8 Å². The molecule has 1 heterocycles. The number of hydrogen-bond donors (Lipinski definition) is 0. The number of hydrogen-bond acceptors (Lipinski definition) is 2. The number of benzene rings is 1. The molecule has 1 aromatic heterocycles. The highest BCUT2D eigenvalue weighted by atomic mass is 79.9. The van der Waals surface area contributed by atoms with Crippen LogP contribution in [-0.4, -0.2) is 14.8 Å². The van der Waals surface area contributed by atoms with Gasteiger partial charge in [-0.2, -0.15) is 0 Å². The van der Waals surface area contributed by atoms with Crippen LogP contribution in [0.15, 0.2) is 16.6 Å². The molecule has 0 aliphatic rings. The lowest BCUT2D eigenvalue weighted by atomic mass is 9.95. The van der Waals surface area contributed by atoms with Gasteiger partial charge in [0, 0.05) is 16.0 Å². The second-order valence-electron chi connectivity index (χ2n) is 5.10. The van der Waals surface area contributed by atoms with Gasteiger partial charge in [0.05, 0.1) is 5.69 Å². The third-order valence-corrected chi connectivity index (χ3v) is 3.35. The van der Waals surface area contributed by atoms with Crippen molar-refractivity contribution in [2.45, 2.75) is 26.2 Å². The summed E-state index contributed by atoms with van der Waals surface area (Å²) in [6.45, 7) is 5.71. The van der Waals surface area contributed by atoms with E-state index in [4.69, 9.17) is 11.6 Å². The van der Waals surface area contributed by atoms with Crippen LogP contribution in [0, 0.1) is 11.6 Å². The molecule has 0 aliphatic heterocycles. The van der Waals surface area contributed by atoms with Crippen LogP contribution < -0.4 is 0 Å². The van der Waals surface area contributed by atoms with E-state index in [1.807, 2.05) is 20.8 Å². The summed E-state index contributed by atoms with van der Waals surface area (Å²) in [4.78, 5) is 0. The summed E-state index contributed by atoms with van der Waals surface area (Å²) in [6.07, 6.45) is 0. The van der Waals surface area contributed by atoms with E-state index in [1.165, 1.54) is 10.6 Å². The van der Waals surface area contributed by atoms with Crippen molar-refractivity contribution in [3.05, 3.63) is 39.3 Å². The van der Waals surface area contributed by atoms with E-state index < -0.39 is 11.6 Å². The molecule has 0 spiro atoms. The molecule has 102 valence electrons. The van der Waals surface area contributed by atoms with Crippen LogP contribution in [0.5, 0.6) is 0 Å². The Hall–Kier alpha value is -1.01.